The molecule has 0 saturated heterocycles. The standard InChI is InChI=1S/C21H28FNO3/c1-17-6-3-4-7-21(17)26-16-20(24)15-23(12-5-13-25-2)14-18-8-10-19(22)11-9-18/h3-4,6-11,20,24H,5,12-16H2,1-2H3/t20-/m1/s1. The van der Waals surface area contributed by atoms with Crippen molar-refractivity contribution in [3.05, 3.63) is 65.5 Å². The van der Waals surface area contributed by atoms with Gasteiger partial charge in [-0.3, -0.25) is 4.90 Å². The summed E-state index contributed by atoms with van der Waals surface area (Å²) in [6.45, 7) is 4.78. The zero-order valence-corrected chi connectivity index (χ0v) is 15.5. The summed E-state index contributed by atoms with van der Waals surface area (Å²) < 4.78 is 23.9. The van der Waals surface area contributed by atoms with E-state index in [1.165, 1.54) is 12.1 Å². The monoisotopic (exact) mass is 361 g/mol. The van der Waals surface area contributed by atoms with E-state index < -0.39 is 6.10 Å². The molecule has 0 fully saturated rings. The smallest absolute Gasteiger partial charge is 0.123 e. The lowest BCUT2D eigenvalue weighted by molar-refractivity contribution is 0.0615. The number of halogens is 1. The Morgan fingerprint density at radius 1 is 1.12 bits per heavy atom. The maximum Gasteiger partial charge on any atom is 0.123 e. The van der Waals surface area contributed by atoms with Crippen LogP contribution in [0.3, 0.4) is 0 Å². The van der Waals surface area contributed by atoms with Gasteiger partial charge in [0.1, 0.15) is 24.3 Å². The fourth-order valence-electron chi connectivity index (χ4n) is 2.77. The minimum absolute atomic E-state index is 0.231. The second kappa shape index (κ2) is 10.9. The number of rotatable bonds is 11. The maximum absolute atomic E-state index is 13.1. The van der Waals surface area contributed by atoms with Crippen molar-refractivity contribution in [1.82, 2.24) is 4.90 Å². The van der Waals surface area contributed by atoms with Gasteiger partial charge in [-0.1, -0.05) is 30.3 Å². The Labute approximate surface area is 155 Å². The normalized spacial score (nSPS) is 12.3. The molecule has 2 aromatic carbocycles. The Hall–Kier alpha value is -1.95. The number of aliphatic hydroxyl groups excluding tert-OH is 1. The van der Waals surface area contributed by atoms with E-state index in [1.807, 2.05) is 31.2 Å². The molecule has 0 heterocycles. The molecular weight excluding hydrogens is 333 g/mol. The molecule has 26 heavy (non-hydrogen) atoms. The highest BCUT2D eigenvalue weighted by Crippen LogP contribution is 2.16. The second-order valence-electron chi connectivity index (χ2n) is 6.44. The van der Waals surface area contributed by atoms with Crippen LogP contribution in [0.5, 0.6) is 5.75 Å². The van der Waals surface area contributed by atoms with Crippen LogP contribution in [-0.2, 0) is 11.3 Å². The first-order valence-electron chi connectivity index (χ1n) is 8.90. The van der Waals surface area contributed by atoms with E-state index in [-0.39, 0.29) is 12.4 Å². The van der Waals surface area contributed by atoms with E-state index in [4.69, 9.17) is 9.47 Å². The van der Waals surface area contributed by atoms with Gasteiger partial charge in [-0.2, -0.15) is 0 Å². The highest BCUT2D eigenvalue weighted by atomic mass is 19.1. The fourth-order valence-corrected chi connectivity index (χ4v) is 2.77. The molecule has 0 aliphatic rings. The molecule has 0 unspecified atom stereocenters. The molecule has 0 amide bonds. The number of ether oxygens (including phenoxy) is 2. The average molecular weight is 361 g/mol. The van der Waals surface area contributed by atoms with E-state index in [1.54, 1.807) is 19.2 Å². The van der Waals surface area contributed by atoms with Crippen LogP contribution in [0.2, 0.25) is 0 Å². The molecule has 0 aliphatic carbocycles. The minimum atomic E-state index is -0.613. The van der Waals surface area contributed by atoms with Gasteiger partial charge in [-0.25, -0.2) is 4.39 Å². The molecule has 0 spiro atoms. The van der Waals surface area contributed by atoms with E-state index in [0.717, 1.165) is 29.8 Å². The van der Waals surface area contributed by atoms with Crippen LogP contribution in [0.4, 0.5) is 4.39 Å². The number of benzene rings is 2. The maximum atomic E-state index is 13.1. The van der Waals surface area contributed by atoms with Crippen molar-refractivity contribution in [1.29, 1.82) is 0 Å². The molecule has 2 rings (SSSR count). The number of nitrogens with zero attached hydrogens (tertiary/aromatic N) is 1. The summed E-state index contributed by atoms with van der Waals surface area (Å²) in [5.41, 5.74) is 2.05. The van der Waals surface area contributed by atoms with Crippen LogP contribution in [0.1, 0.15) is 17.5 Å². The lowest BCUT2D eigenvalue weighted by atomic mass is 10.2. The van der Waals surface area contributed by atoms with Crippen LogP contribution < -0.4 is 4.74 Å². The molecule has 4 nitrogen and oxygen atoms in total. The van der Waals surface area contributed by atoms with Gasteiger partial charge in [-0.15, -0.1) is 0 Å². The third-order valence-corrected chi connectivity index (χ3v) is 4.14. The van der Waals surface area contributed by atoms with Crippen LogP contribution in [0.25, 0.3) is 0 Å². The van der Waals surface area contributed by atoms with Crippen LogP contribution >= 0.6 is 0 Å². The Kier molecular flexibility index (Phi) is 8.54. The molecule has 1 N–H and O–H groups in total. The predicted octanol–water partition coefficient (Wildman–Crippen LogP) is 3.41. The lowest BCUT2D eigenvalue weighted by Crippen LogP contribution is -2.36. The Balaban J connectivity index is 1.89. The molecule has 0 bridgehead atoms. The number of para-hydroxylation sites is 1. The topological polar surface area (TPSA) is 41.9 Å². The van der Waals surface area contributed by atoms with Gasteiger partial charge in [0.15, 0.2) is 0 Å². The Morgan fingerprint density at radius 3 is 2.54 bits per heavy atom. The Bertz CT molecular complexity index is 648. The average Bonchev–Trinajstić information content (AvgIpc) is 2.63. The van der Waals surface area contributed by atoms with Crippen molar-refractivity contribution in [3.8, 4) is 5.75 Å². The lowest BCUT2D eigenvalue weighted by Gasteiger charge is -2.25. The third kappa shape index (κ3) is 7.12. The van der Waals surface area contributed by atoms with Crippen LogP contribution in [0.15, 0.2) is 48.5 Å². The summed E-state index contributed by atoms with van der Waals surface area (Å²) in [7, 11) is 1.68. The molecule has 0 aromatic heterocycles. The van der Waals surface area contributed by atoms with Gasteiger partial charge in [0.2, 0.25) is 0 Å². The summed E-state index contributed by atoms with van der Waals surface area (Å²) in [6, 6.07) is 14.2. The number of aryl methyl sites for hydroxylation is 1. The van der Waals surface area contributed by atoms with Gasteiger partial charge in [-0.05, 0) is 42.7 Å². The van der Waals surface area contributed by atoms with Crippen molar-refractivity contribution < 1.29 is 19.0 Å². The quantitative estimate of drug-likeness (QED) is 0.623. The number of hydrogen-bond donors (Lipinski definition) is 1. The summed E-state index contributed by atoms with van der Waals surface area (Å²) in [5.74, 6) is 0.544. The highest BCUT2D eigenvalue weighted by Gasteiger charge is 2.14. The van der Waals surface area contributed by atoms with E-state index in [0.29, 0.717) is 19.7 Å². The van der Waals surface area contributed by atoms with Gasteiger partial charge < -0.3 is 14.6 Å². The molecule has 5 heteroatoms. The van der Waals surface area contributed by atoms with Gasteiger partial charge in [0.25, 0.3) is 0 Å². The number of hydrogen-bond acceptors (Lipinski definition) is 4. The van der Waals surface area contributed by atoms with E-state index in [2.05, 4.69) is 4.90 Å². The van der Waals surface area contributed by atoms with Crippen molar-refractivity contribution in [2.24, 2.45) is 0 Å². The molecule has 0 aliphatic heterocycles. The predicted molar refractivity (Wildman–Crippen MR) is 101 cm³/mol. The van der Waals surface area contributed by atoms with Gasteiger partial charge >= 0.3 is 0 Å². The van der Waals surface area contributed by atoms with E-state index in [9.17, 15) is 9.50 Å². The summed E-state index contributed by atoms with van der Waals surface area (Å²) in [4.78, 5) is 2.14. The third-order valence-electron chi connectivity index (χ3n) is 4.14. The SMILES string of the molecule is COCCCN(Cc1ccc(F)cc1)C[C@@H](O)COc1ccccc1C. The first-order chi connectivity index (χ1) is 12.6. The number of aliphatic hydroxyl groups is 1. The van der Waals surface area contributed by atoms with Gasteiger partial charge in [0, 0.05) is 33.4 Å². The first-order valence-corrected chi connectivity index (χ1v) is 8.90. The summed E-state index contributed by atoms with van der Waals surface area (Å²) >= 11 is 0. The minimum Gasteiger partial charge on any atom is -0.491 e. The zero-order valence-electron chi connectivity index (χ0n) is 15.5. The first kappa shape index (κ1) is 20.4. The van der Waals surface area contributed by atoms with Crippen LogP contribution in [0, 0.1) is 12.7 Å². The zero-order chi connectivity index (χ0) is 18.8. The molecule has 1 atom stereocenters. The van der Waals surface area contributed by atoms with Crippen molar-refractivity contribution in [3.63, 3.8) is 0 Å². The molecule has 142 valence electrons. The molecule has 0 saturated carbocycles. The molecule has 0 radical (unpaired) electrons. The Morgan fingerprint density at radius 2 is 1.85 bits per heavy atom. The summed E-state index contributed by atoms with van der Waals surface area (Å²) in [6.07, 6.45) is 0.251. The second-order valence-corrected chi connectivity index (χ2v) is 6.44. The number of methoxy groups -OCH3 is 1. The van der Waals surface area contributed by atoms with Crippen molar-refractivity contribution in [2.75, 3.05) is 33.4 Å². The summed E-state index contributed by atoms with van der Waals surface area (Å²) in [5, 5.41) is 10.4. The van der Waals surface area contributed by atoms with Crippen LogP contribution in [-0.4, -0.2) is 49.5 Å². The van der Waals surface area contributed by atoms with E-state index >= 15 is 0 Å². The molecular formula is C21H28FNO3. The van der Waals surface area contributed by atoms with Crippen molar-refractivity contribution in [2.45, 2.75) is 26.0 Å². The van der Waals surface area contributed by atoms with Crippen molar-refractivity contribution >= 4 is 0 Å². The fraction of sp³-hybridized carbons (Fsp3) is 0.429. The van der Waals surface area contributed by atoms with Gasteiger partial charge in [0.05, 0.1) is 0 Å². The highest BCUT2D eigenvalue weighted by molar-refractivity contribution is 5.31. The molecule has 2 aromatic rings. The largest absolute Gasteiger partial charge is 0.491 e.